The van der Waals surface area contributed by atoms with Gasteiger partial charge in [-0.15, -0.1) is 0 Å². The molecule has 0 saturated carbocycles. The largest absolute Gasteiger partial charge is 0.479 e. The molecule has 6 nitrogen and oxygen atoms in total. The van der Waals surface area contributed by atoms with Crippen molar-refractivity contribution in [3.8, 4) is 11.1 Å². The minimum absolute atomic E-state index is 0.0641. The van der Waals surface area contributed by atoms with Crippen molar-refractivity contribution in [1.29, 1.82) is 0 Å². The molecular formula is C21H16Cl2N2O4S. The van der Waals surface area contributed by atoms with Crippen molar-refractivity contribution in [3.63, 3.8) is 0 Å². The average molecular weight is 463 g/mol. The summed E-state index contributed by atoms with van der Waals surface area (Å²) in [5.41, 5.74) is 2.57. The van der Waals surface area contributed by atoms with Crippen molar-refractivity contribution in [2.24, 2.45) is 0 Å². The van der Waals surface area contributed by atoms with Crippen molar-refractivity contribution in [3.05, 3.63) is 82.3 Å². The zero-order valence-corrected chi connectivity index (χ0v) is 17.7. The number of nitrogens with zero attached hydrogens (tertiary/aromatic N) is 1. The molecule has 1 aliphatic heterocycles. The third-order valence-electron chi connectivity index (χ3n) is 4.76. The number of carboxylic acid groups (broad SMARTS) is 1. The average Bonchev–Trinajstić information content (AvgIpc) is 2.70. The highest BCUT2D eigenvalue weighted by molar-refractivity contribution is 7.89. The fourth-order valence-electron chi connectivity index (χ4n) is 3.43. The van der Waals surface area contributed by atoms with Gasteiger partial charge in [-0.1, -0.05) is 71.7 Å². The number of fused-ring (bicyclic) bond motifs is 1. The number of benzene rings is 3. The molecule has 0 aliphatic carbocycles. The Bertz CT molecular complexity index is 1230. The number of rotatable bonds is 4. The summed E-state index contributed by atoms with van der Waals surface area (Å²) < 4.78 is 27.5. The van der Waals surface area contributed by atoms with Crippen molar-refractivity contribution in [2.75, 3.05) is 5.32 Å². The van der Waals surface area contributed by atoms with Crippen LogP contribution in [0.1, 0.15) is 5.56 Å². The van der Waals surface area contributed by atoms with Crippen molar-refractivity contribution in [1.82, 2.24) is 4.31 Å². The Hall–Kier alpha value is -2.58. The second kappa shape index (κ2) is 7.92. The van der Waals surface area contributed by atoms with E-state index in [-0.39, 0.29) is 27.2 Å². The predicted molar refractivity (Wildman–Crippen MR) is 116 cm³/mol. The molecule has 154 valence electrons. The van der Waals surface area contributed by atoms with E-state index in [0.29, 0.717) is 5.56 Å². The van der Waals surface area contributed by atoms with Crippen molar-refractivity contribution >= 4 is 44.9 Å². The molecule has 0 aromatic heterocycles. The summed E-state index contributed by atoms with van der Waals surface area (Å²) >= 11 is 12.1. The first kappa shape index (κ1) is 20.7. The molecule has 3 aromatic carbocycles. The lowest BCUT2D eigenvalue weighted by atomic mass is 10.0. The first-order valence-electron chi connectivity index (χ1n) is 8.92. The van der Waals surface area contributed by atoms with Crippen LogP contribution >= 0.6 is 23.2 Å². The number of carbonyl (C=O) groups is 1. The van der Waals surface area contributed by atoms with E-state index >= 15 is 0 Å². The number of hydrogen-bond acceptors (Lipinski definition) is 4. The number of anilines is 1. The fraction of sp³-hybridized carbons (Fsp3) is 0.0952. The Morgan fingerprint density at radius 2 is 1.70 bits per heavy atom. The van der Waals surface area contributed by atoms with Gasteiger partial charge in [0.05, 0.1) is 10.7 Å². The Labute approximate surface area is 183 Å². The van der Waals surface area contributed by atoms with Crippen molar-refractivity contribution < 1.29 is 18.3 Å². The summed E-state index contributed by atoms with van der Waals surface area (Å²) in [7, 11) is -4.20. The smallest absolute Gasteiger partial charge is 0.342 e. The second-order valence-electron chi connectivity index (χ2n) is 6.77. The number of hydrogen-bond donors (Lipinski definition) is 2. The Kier molecular flexibility index (Phi) is 5.46. The van der Waals surface area contributed by atoms with Crippen LogP contribution < -0.4 is 5.32 Å². The van der Waals surface area contributed by atoms with Crippen LogP contribution in [0.5, 0.6) is 0 Å². The summed E-state index contributed by atoms with van der Waals surface area (Å²) in [5, 5.41) is 12.5. The molecule has 4 rings (SSSR count). The van der Waals surface area contributed by atoms with Crippen LogP contribution in [0, 0.1) is 0 Å². The van der Waals surface area contributed by atoms with E-state index in [9.17, 15) is 18.3 Å². The molecule has 3 aromatic rings. The third-order valence-corrected chi connectivity index (χ3v) is 7.30. The van der Waals surface area contributed by atoms with Gasteiger partial charge in [-0.05, 0) is 34.9 Å². The predicted octanol–water partition coefficient (Wildman–Crippen LogP) is 4.69. The van der Waals surface area contributed by atoms with E-state index in [4.69, 9.17) is 23.2 Å². The van der Waals surface area contributed by atoms with Gasteiger partial charge < -0.3 is 10.4 Å². The third kappa shape index (κ3) is 3.77. The molecule has 0 amide bonds. The summed E-state index contributed by atoms with van der Waals surface area (Å²) in [6.07, 6.45) is -1.50. The highest BCUT2D eigenvalue weighted by atomic mass is 35.5. The van der Waals surface area contributed by atoms with Crippen molar-refractivity contribution in [2.45, 2.75) is 17.6 Å². The highest BCUT2D eigenvalue weighted by Crippen LogP contribution is 2.40. The molecule has 0 radical (unpaired) electrons. The Balaban J connectivity index is 1.77. The molecule has 2 N–H and O–H groups in total. The first-order valence-corrected chi connectivity index (χ1v) is 11.1. The maximum absolute atomic E-state index is 13.3. The van der Waals surface area contributed by atoms with Crippen LogP contribution in [0.4, 0.5) is 5.69 Å². The maximum atomic E-state index is 13.3. The SMILES string of the molecule is O=C(O)C1Nc2cc(Cl)cc(Cl)c2S(=O)(=O)N1Cc1cccc(-c2ccccc2)c1. The van der Waals surface area contributed by atoms with Crippen LogP contribution in [0.25, 0.3) is 11.1 Å². The van der Waals surface area contributed by atoms with E-state index < -0.39 is 22.2 Å². The van der Waals surface area contributed by atoms with Gasteiger partial charge in [0.15, 0.2) is 6.17 Å². The molecule has 0 spiro atoms. The van der Waals surface area contributed by atoms with Crippen LogP contribution in [-0.4, -0.2) is 30.0 Å². The maximum Gasteiger partial charge on any atom is 0.342 e. The minimum Gasteiger partial charge on any atom is -0.479 e. The van der Waals surface area contributed by atoms with Gasteiger partial charge >= 0.3 is 5.97 Å². The van der Waals surface area contributed by atoms with E-state index in [1.807, 2.05) is 42.5 Å². The van der Waals surface area contributed by atoms with E-state index in [2.05, 4.69) is 5.32 Å². The number of sulfonamides is 1. The number of aliphatic carboxylic acids is 1. The summed E-state index contributed by atoms with van der Waals surface area (Å²) in [5.74, 6) is -1.33. The lowest BCUT2D eigenvalue weighted by Crippen LogP contribution is -2.52. The molecule has 0 saturated heterocycles. The van der Waals surface area contributed by atoms with E-state index in [1.54, 1.807) is 12.1 Å². The molecule has 1 atom stereocenters. The zero-order chi connectivity index (χ0) is 21.5. The quantitative estimate of drug-likeness (QED) is 0.587. The van der Waals surface area contributed by atoms with Gasteiger partial charge in [0.1, 0.15) is 4.90 Å². The van der Waals surface area contributed by atoms with Gasteiger partial charge in [0.2, 0.25) is 10.0 Å². The fourth-order valence-corrected chi connectivity index (χ4v) is 5.89. The lowest BCUT2D eigenvalue weighted by Gasteiger charge is -2.35. The summed E-state index contributed by atoms with van der Waals surface area (Å²) in [4.78, 5) is 11.7. The molecule has 30 heavy (non-hydrogen) atoms. The molecule has 9 heteroatoms. The van der Waals surface area contributed by atoms with Gasteiger partial charge in [-0.2, -0.15) is 4.31 Å². The molecule has 1 heterocycles. The Morgan fingerprint density at radius 1 is 1.00 bits per heavy atom. The molecular weight excluding hydrogens is 447 g/mol. The van der Waals surface area contributed by atoms with E-state index in [1.165, 1.54) is 12.1 Å². The van der Waals surface area contributed by atoms with Crippen LogP contribution in [0.3, 0.4) is 0 Å². The summed E-state index contributed by atoms with van der Waals surface area (Å²) in [6, 6.07) is 19.6. The standard InChI is InChI=1S/C21H16Cl2N2O4S/c22-16-10-17(23)19-18(11-16)24-20(21(26)27)25(30(19,28)29)12-13-5-4-8-15(9-13)14-6-2-1-3-7-14/h1-11,20,24H,12H2,(H,26,27). The van der Waals surface area contributed by atoms with Gasteiger partial charge in [-0.25, -0.2) is 13.2 Å². The first-order chi connectivity index (χ1) is 14.3. The molecule has 1 aliphatic rings. The van der Waals surface area contributed by atoms with E-state index in [0.717, 1.165) is 15.4 Å². The van der Waals surface area contributed by atoms with Crippen LogP contribution in [0.15, 0.2) is 71.6 Å². The summed E-state index contributed by atoms with van der Waals surface area (Å²) in [6.45, 7) is -0.147. The zero-order valence-electron chi connectivity index (χ0n) is 15.4. The van der Waals surface area contributed by atoms with Gasteiger partial charge in [0.25, 0.3) is 0 Å². The van der Waals surface area contributed by atoms with Crippen LogP contribution in [0.2, 0.25) is 10.0 Å². The number of halogens is 2. The number of nitrogens with one attached hydrogen (secondary N) is 1. The molecule has 0 bridgehead atoms. The molecule has 0 fully saturated rings. The Morgan fingerprint density at radius 3 is 2.40 bits per heavy atom. The normalized spacial score (nSPS) is 17.7. The second-order valence-corrected chi connectivity index (χ2v) is 9.44. The van der Waals surface area contributed by atoms with Gasteiger partial charge in [-0.3, -0.25) is 0 Å². The monoisotopic (exact) mass is 462 g/mol. The molecule has 1 unspecified atom stereocenters. The lowest BCUT2D eigenvalue weighted by molar-refractivity contribution is -0.140. The minimum atomic E-state index is -4.20. The highest BCUT2D eigenvalue weighted by Gasteiger charge is 2.43. The topological polar surface area (TPSA) is 86.7 Å². The number of carboxylic acids is 1. The van der Waals surface area contributed by atoms with Gasteiger partial charge in [0, 0.05) is 11.6 Å². The van der Waals surface area contributed by atoms with Crippen LogP contribution in [-0.2, 0) is 21.4 Å².